The van der Waals surface area contributed by atoms with E-state index in [1.807, 2.05) is 6.07 Å². The van der Waals surface area contributed by atoms with Gasteiger partial charge in [-0.2, -0.15) is 5.26 Å². The number of morpholine rings is 1. The van der Waals surface area contributed by atoms with Crippen LogP contribution in [0.15, 0.2) is 6.07 Å². The Labute approximate surface area is 102 Å². The highest BCUT2D eigenvalue weighted by molar-refractivity contribution is 5.49. The summed E-state index contributed by atoms with van der Waals surface area (Å²) in [5.41, 5.74) is 2.05. The molecule has 1 aliphatic rings. The molecule has 2 rings (SSSR count). The Balaban J connectivity index is 2.30. The van der Waals surface area contributed by atoms with E-state index in [0.717, 1.165) is 0 Å². The Kier molecular flexibility index (Phi) is 3.55. The van der Waals surface area contributed by atoms with Crippen molar-refractivity contribution in [3.05, 3.63) is 17.7 Å². The minimum Gasteiger partial charge on any atom is -0.360 e. The van der Waals surface area contributed by atoms with E-state index < -0.39 is 17.7 Å². The van der Waals surface area contributed by atoms with E-state index >= 15 is 0 Å². The number of nitrogens with zero attached hydrogens (tertiary/aromatic N) is 3. The Morgan fingerprint density at radius 3 is 3.00 bits per heavy atom. The highest BCUT2D eigenvalue weighted by Gasteiger charge is 2.24. The lowest BCUT2D eigenvalue weighted by molar-refractivity contribution is 0.0759. The van der Waals surface area contributed by atoms with Crippen LogP contribution in [0.3, 0.4) is 0 Å². The van der Waals surface area contributed by atoms with Gasteiger partial charge in [-0.25, -0.2) is 19.6 Å². The normalized spacial score (nSPS) is 19.4. The van der Waals surface area contributed by atoms with Crippen LogP contribution in [0.4, 0.5) is 20.4 Å². The molecule has 0 amide bonds. The highest BCUT2D eigenvalue weighted by atomic mass is 19.1. The minimum absolute atomic E-state index is 0.0482. The van der Waals surface area contributed by atoms with E-state index in [1.165, 1.54) is 4.90 Å². The average molecular weight is 255 g/mol. The Morgan fingerprint density at radius 2 is 2.33 bits per heavy atom. The van der Waals surface area contributed by atoms with Crippen LogP contribution in [0.2, 0.25) is 0 Å². The van der Waals surface area contributed by atoms with E-state index in [1.54, 1.807) is 0 Å². The molecule has 1 aliphatic heterocycles. The lowest BCUT2D eigenvalue weighted by Crippen LogP contribution is -2.42. The molecule has 3 N–H and O–H groups in total. The zero-order valence-electron chi connectivity index (χ0n) is 9.36. The van der Waals surface area contributed by atoms with Gasteiger partial charge in [-0.1, -0.05) is 0 Å². The van der Waals surface area contributed by atoms with Crippen LogP contribution in [0.1, 0.15) is 0 Å². The molecular formula is C10H11F2N5O. The first-order chi connectivity index (χ1) is 8.65. The van der Waals surface area contributed by atoms with E-state index in [0.29, 0.717) is 12.6 Å². The van der Waals surface area contributed by atoms with Crippen molar-refractivity contribution in [1.29, 1.82) is 5.26 Å². The van der Waals surface area contributed by atoms with Crippen molar-refractivity contribution in [1.82, 2.24) is 4.98 Å². The molecule has 1 aromatic rings. The van der Waals surface area contributed by atoms with Gasteiger partial charge in [-0.3, -0.25) is 0 Å². The molecule has 1 aromatic heterocycles. The second-order valence-electron chi connectivity index (χ2n) is 3.70. The molecule has 6 nitrogen and oxygen atoms in total. The number of nitrogen functional groups attached to an aromatic ring is 1. The van der Waals surface area contributed by atoms with Crippen molar-refractivity contribution >= 4 is 11.6 Å². The fourth-order valence-corrected chi connectivity index (χ4v) is 1.70. The molecule has 1 saturated heterocycles. The summed E-state index contributed by atoms with van der Waals surface area (Å²) in [6.07, 6.45) is -0.653. The number of halogens is 2. The van der Waals surface area contributed by atoms with Crippen molar-refractivity contribution in [2.75, 3.05) is 30.0 Å². The van der Waals surface area contributed by atoms with Crippen LogP contribution >= 0.6 is 0 Å². The monoisotopic (exact) mass is 255 g/mol. The molecule has 1 fully saturated rings. The molecule has 8 heteroatoms. The number of aromatic nitrogens is 1. The highest BCUT2D eigenvalue weighted by Crippen LogP contribution is 2.23. The molecule has 0 radical (unpaired) electrons. The molecule has 96 valence electrons. The second-order valence-corrected chi connectivity index (χ2v) is 3.70. The Morgan fingerprint density at radius 1 is 1.56 bits per heavy atom. The van der Waals surface area contributed by atoms with Crippen molar-refractivity contribution in [3.8, 4) is 6.07 Å². The number of nitrogens with two attached hydrogens (primary N) is 1. The fraction of sp³-hybridized carbons (Fsp3) is 0.400. The number of nitrogens with one attached hydrogen (secondary N) is 1. The first kappa shape index (κ1) is 12.5. The van der Waals surface area contributed by atoms with Crippen molar-refractivity contribution in [3.63, 3.8) is 0 Å². The molecule has 0 aromatic carbocycles. The number of pyridine rings is 1. The molecule has 1 unspecified atom stereocenters. The summed E-state index contributed by atoms with van der Waals surface area (Å²) >= 11 is 0. The minimum atomic E-state index is -0.871. The maximum Gasteiger partial charge on any atom is 0.178 e. The lowest BCUT2D eigenvalue weighted by atomic mass is 10.2. The summed E-state index contributed by atoms with van der Waals surface area (Å²) in [4.78, 5) is 5.28. The predicted octanol–water partition coefficient (Wildman–Crippen LogP) is 0.374. The van der Waals surface area contributed by atoms with Gasteiger partial charge in [-0.15, -0.1) is 0 Å². The van der Waals surface area contributed by atoms with Gasteiger partial charge in [0.25, 0.3) is 0 Å². The van der Waals surface area contributed by atoms with Crippen LogP contribution in [-0.2, 0) is 4.74 Å². The standard InChI is InChI=1S/C10H11F2N5O/c11-7-3-8(12)10(15-9(7)16-14)17-1-2-18-6(4-13)5-17/h3,6H,1-2,5,14H2,(H,15,16). The van der Waals surface area contributed by atoms with Crippen LogP contribution in [0, 0.1) is 23.0 Å². The third-order valence-electron chi connectivity index (χ3n) is 2.56. The zero-order chi connectivity index (χ0) is 13.1. The molecule has 1 atom stereocenters. The molecule has 0 saturated carbocycles. The number of hydrogen-bond acceptors (Lipinski definition) is 6. The maximum atomic E-state index is 13.6. The van der Waals surface area contributed by atoms with Gasteiger partial charge in [0.1, 0.15) is 0 Å². The molecule has 18 heavy (non-hydrogen) atoms. The van der Waals surface area contributed by atoms with E-state index in [4.69, 9.17) is 15.8 Å². The van der Waals surface area contributed by atoms with Crippen LogP contribution in [0.5, 0.6) is 0 Å². The van der Waals surface area contributed by atoms with Crippen molar-refractivity contribution < 1.29 is 13.5 Å². The number of rotatable bonds is 2. The number of hydrogen-bond donors (Lipinski definition) is 2. The number of ether oxygens (including phenoxy) is 1. The average Bonchev–Trinajstić information content (AvgIpc) is 2.39. The summed E-state index contributed by atoms with van der Waals surface area (Å²) in [7, 11) is 0. The van der Waals surface area contributed by atoms with E-state index in [9.17, 15) is 8.78 Å². The van der Waals surface area contributed by atoms with Gasteiger partial charge in [0, 0.05) is 12.6 Å². The quantitative estimate of drug-likeness (QED) is 0.586. The Hall–Kier alpha value is -1.98. The van der Waals surface area contributed by atoms with Gasteiger partial charge in [0.05, 0.1) is 19.2 Å². The Bertz CT molecular complexity index is 490. The van der Waals surface area contributed by atoms with Crippen molar-refractivity contribution in [2.24, 2.45) is 5.84 Å². The largest absolute Gasteiger partial charge is 0.360 e. The molecule has 0 spiro atoms. The number of hydrazine groups is 1. The summed E-state index contributed by atoms with van der Waals surface area (Å²) in [6, 6.07) is 2.64. The summed E-state index contributed by atoms with van der Waals surface area (Å²) in [5, 5.41) is 8.76. The maximum absolute atomic E-state index is 13.6. The SMILES string of the molecule is N#CC1CN(c2nc(NN)c(F)cc2F)CCO1. The molecule has 0 aliphatic carbocycles. The first-order valence-corrected chi connectivity index (χ1v) is 5.24. The van der Waals surface area contributed by atoms with Gasteiger partial charge >= 0.3 is 0 Å². The van der Waals surface area contributed by atoms with E-state index in [2.05, 4.69) is 10.4 Å². The molecular weight excluding hydrogens is 244 g/mol. The second kappa shape index (κ2) is 5.12. The predicted molar refractivity (Wildman–Crippen MR) is 59.5 cm³/mol. The first-order valence-electron chi connectivity index (χ1n) is 5.24. The van der Waals surface area contributed by atoms with Gasteiger partial charge in [-0.05, 0) is 0 Å². The van der Waals surface area contributed by atoms with Crippen LogP contribution in [-0.4, -0.2) is 30.8 Å². The van der Waals surface area contributed by atoms with Crippen LogP contribution in [0.25, 0.3) is 0 Å². The third-order valence-corrected chi connectivity index (χ3v) is 2.56. The van der Waals surface area contributed by atoms with Gasteiger partial charge in [0.2, 0.25) is 0 Å². The van der Waals surface area contributed by atoms with Gasteiger partial charge in [0.15, 0.2) is 29.4 Å². The van der Waals surface area contributed by atoms with Gasteiger partial charge < -0.3 is 15.1 Å². The number of anilines is 2. The molecule has 2 heterocycles. The molecule has 0 bridgehead atoms. The van der Waals surface area contributed by atoms with E-state index in [-0.39, 0.29) is 24.8 Å². The zero-order valence-corrected chi connectivity index (χ0v) is 9.36. The number of nitriles is 1. The topological polar surface area (TPSA) is 87.2 Å². The summed E-state index contributed by atoms with van der Waals surface area (Å²) in [6.45, 7) is 0.829. The summed E-state index contributed by atoms with van der Waals surface area (Å²) in [5.74, 6) is 3.12. The van der Waals surface area contributed by atoms with Crippen LogP contribution < -0.4 is 16.2 Å². The summed E-state index contributed by atoms with van der Waals surface area (Å²) < 4.78 is 32.0. The smallest absolute Gasteiger partial charge is 0.178 e. The lowest BCUT2D eigenvalue weighted by Gasteiger charge is -2.31. The van der Waals surface area contributed by atoms with Crippen molar-refractivity contribution in [2.45, 2.75) is 6.10 Å². The third kappa shape index (κ3) is 2.32. The fourth-order valence-electron chi connectivity index (χ4n) is 1.70.